The summed E-state index contributed by atoms with van der Waals surface area (Å²) in [7, 11) is 2.00. The molecule has 2 aromatic heterocycles. The molecule has 0 radical (unpaired) electrons. The van der Waals surface area contributed by atoms with E-state index in [0.717, 1.165) is 16.0 Å². The normalized spacial score (nSPS) is 13.2. The van der Waals surface area contributed by atoms with E-state index in [-0.39, 0.29) is 6.04 Å². The highest BCUT2D eigenvalue weighted by Crippen LogP contribution is 2.28. The molecule has 0 fully saturated rings. The van der Waals surface area contributed by atoms with Crippen molar-refractivity contribution >= 4 is 15.9 Å². The summed E-state index contributed by atoms with van der Waals surface area (Å²) in [4.78, 5) is 2.10. The number of nitrogens with two attached hydrogens (primary N) is 1. The first-order valence-corrected chi connectivity index (χ1v) is 6.17. The predicted octanol–water partition coefficient (Wildman–Crippen LogP) is 2.77. The SMILES string of the molecule is CN(Cc1ccco1)C(CN)c1occc1Br. The summed E-state index contributed by atoms with van der Waals surface area (Å²) in [5, 5.41) is 0. The second-order valence-electron chi connectivity index (χ2n) is 3.88. The minimum absolute atomic E-state index is 0.0319. The molecule has 2 rings (SSSR count). The van der Waals surface area contributed by atoms with Gasteiger partial charge in [0.15, 0.2) is 0 Å². The van der Waals surface area contributed by atoms with E-state index in [4.69, 9.17) is 14.6 Å². The lowest BCUT2D eigenvalue weighted by Gasteiger charge is -2.24. The quantitative estimate of drug-likeness (QED) is 0.922. The van der Waals surface area contributed by atoms with Crippen molar-refractivity contribution in [2.75, 3.05) is 13.6 Å². The molecule has 5 heteroatoms. The average molecular weight is 299 g/mol. The molecular weight excluding hydrogens is 284 g/mol. The molecule has 17 heavy (non-hydrogen) atoms. The van der Waals surface area contributed by atoms with Crippen LogP contribution in [0.1, 0.15) is 17.6 Å². The second-order valence-corrected chi connectivity index (χ2v) is 4.73. The van der Waals surface area contributed by atoms with Crippen molar-refractivity contribution in [1.82, 2.24) is 4.90 Å². The van der Waals surface area contributed by atoms with E-state index < -0.39 is 0 Å². The van der Waals surface area contributed by atoms with Gasteiger partial charge in [-0.1, -0.05) is 0 Å². The first-order chi connectivity index (χ1) is 8.22. The molecular formula is C12H15BrN2O2. The maximum absolute atomic E-state index is 5.81. The van der Waals surface area contributed by atoms with Crippen molar-refractivity contribution in [2.24, 2.45) is 5.73 Å². The van der Waals surface area contributed by atoms with Gasteiger partial charge in [0.1, 0.15) is 11.5 Å². The lowest BCUT2D eigenvalue weighted by atomic mass is 10.2. The Labute approximate surface area is 109 Å². The Morgan fingerprint density at radius 3 is 2.71 bits per heavy atom. The molecule has 0 spiro atoms. The molecule has 0 aliphatic carbocycles. The fraction of sp³-hybridized carbons (Fsp3) is 0.333. The zero-order valence-electron chi connectivity index (χ0n) is 9.60. The van der Waals surface area contributed by atoms with Crippen molar-refractivity contribution in [3.05, 3.63) is 46.7 Å². The number of halogens is 1. The predicted molar refractivity (Wildman–Crippen MR) is 68.4 cm³/mol. The standard InChI is InChI=1S/C12H15BrN2O2/c1-15(8-9-3-2-5-16-9)11(7-14)12-10(13)4-6-17-12/h2-6,11H,7-8,14H2,1H3. The Balaban J connectivity index is 2.11. The molecule has 0 saturated carbocycles. The summed E-state index contributed by atoms with van der Waals surface area (Å²) in [5.41, 5.74) is 5.81. The summed E-state index contributed by atoms with van der Waals surface area (Å²) in [6.07, 6.45) is 3.33. The number of rotatable bonds is 5. The minimum Gasteiger partial charge on any atom is -0.468 e. The average Bonchev–Trinajstić information content (AvgIpc) is 2.92. The van der Waals surface area contributed by atoms with Crippen molar-refractivity contribution in [3.8, 4) is 0 Å². The van der Waals surface area contributed by atoms with Crippen LogP contribution >= 0.6 is 15.9 Å². The summed E-state index contributed by atoms with van der Waals surface area (Å²) in [5.74, 6) is 1.76. The zero-order valence-corrected chi connectivity index (χ0v) is 11.2. The van der Waals surface area contributed by atoms with Crippen LogP contribution in [0, 0.1) is 0 Å². The van der Waals surface area contributed by atoms with E-state index in [2.05, 4.69) is 20.8 Å². The Morgan fingerprint density at radius 1 is 1.35 bits per heavy atom. The van der Waals surface area contributed by atoms with Gasteiger partial charge in [0, 0.05) is 6.54 Å². The lowest BCUT2D eigenvalue weighted by Crippen LogP contribution is -2.30. The third kappa shape index (κ3) is 2.80. The summed E-state index contributed by atoms with van der Waals surface area (Å²) in [6.45, 7) is 1.19. The molecule has 1 atom stereocenters. The van der Waals surface area contributed by atoms with Crippen molar-refractivity contribution in [1.29, 1.82) is 0 Å². The van der Waals surface area contributed by atoms with Crippen LogP contribution in [0.2, 0.25) is 0 Å². The summed E-state index contributed by atoms with van der Waals surface area (Å²) >= 11 is 3.45. The molecule has 2 N–H and O–H groups in total. The van der Waals surface area contributed by atoms with Gasteiger partial charge < -0.3 is 14.6 Å². The van der Waals surface area contributed by atoms with Gasteiger partial charge in [-0.15, -0.1) is 0 Å². The molecule has 0 amide bonds. The van der Waals surface area contributed by atoms with Gasteiger partial charge in [0.25, 0.3) is 0 Å². The van der Waals surface area contributed by atoms with Gasteiger partial charge >= 0.3 is 0 Å². The highest BCUT2D eigenvalue weighted by Gasteiger charge is 2.21. The van der Waals surface area contributed by atoms with Crippen molar-refractivity contribution in [2.45, 2.75) is 12.6 Å². The third-order valence-corrected chi connectivity index (χ3v) is 3.34. The van der Waals surface area contributed by atoms with Crippen LogP contribution in [0.25, 0.3) is 0 Å². The van der Waals surface area contributed by atoms with Crippen molar-refractivity contribution < 1.29 is 8.83 Å². The van der Waals surface area contributed by atoms with Crippen LogP contribution in [-0.2, 0) is 6.54 Å². The Morgan fingerprint density at radius 2 is 2.18 bits per heavy atom. The van der Waals surface area contributed by atoms with Crippen LogP contribution < -0.4 is 5.73 Å². The number of hydrogen-bond donors (Lipinski definition) is 1. The number of hydrogen-bond acceptors (Lipinski definition) is 4. The molecule has 2 aromatic rings. The molecule has 1 unspecified atom stereocenters. The van der Waals surface area contributed by atoms with Gasteiger partial charge in [-0.3, -0.25) is 4.90 Å². The number of furan rings is 2. The van der Waals surface area contributed by atoms with Crippen LogP contribution in [0.15, 0.2) is 44.0 Å². The van der Waals surface area contributed by atoms with Crippen LogP contribution in [-0.4, -0.2) is 18.5 Å². The first-order valence-electron chi connectivity index (χ1n) is 5.38. The molecule has 92 valence electrons. The molecule has 0 saturated heterocycles. The monoisotopic (exact) mass is 298 g/mol. The molecule has 2 heterocycles. The number of likely N-dealkylation sites (N-methyl/N-ethyl adjacent to an activating group) is 1. The lowest BCUT2D eigenvalue weighted by molar-refractivity contribution is 0.197. The van der Waals surface area contributed by atoms with Crippen molar-refractivity contribution in [3.63, 3.8) is 0 Å². The maximum atomic E-state index is 5.81. The number of nitrogens with zero attached hydrogens (tertiary/aromatic N) is 1. The fourth-order valence-electron chi connectivity index (χ4n) is 1.79. The van der Waals surface area contributed by atoms with E-state index in [1.165, 1.54) is 0 Å². The van der Waals surface area contributed by atoms with Crippen LogP contribution in [0.5, 0.6) is 0 Å². The third-order valence-electron chi connectivity index (χ3n) is 2.69. The topological polar surface area (TPSA) is 55.5 Å². The maximum Gasteiger partial charge on any atom is 0.136 e. The van der Waals surface area contributed by atoms with Gasteiger partial charge in [-0.2, -0.15) is 0 Å². The Bertz CT molecular complexity index is 453. The molecule has 0 bridgehead atoms. The zero-order chi connectivity index (χ0) is 12.3. The van der Waals surface area contributed by atoms with E-state index in [0.29, 0.717) is 13.1 Å². The van der Waals surface area contributed by atoms with Crippen LogP contribution in [0.3, 0.4) is 0 Å². The largest absolute Gasteiger partial charge is 0.468 e. The molecule has 0 aliphatic rings. The van der Waals surface area contributed by atoms with Gasteiger partial charge in [0.05, 0.1) is 29.6 Å². The van der Waals surface area contributed by atoms with Gasteiger partial charge in [0.2, 0.25) is 0 Å². The molecule has 0 aliphatic heterocycles. The Hall–Kier alpha value is -1.04. The van der Waals surface area contributed by atoms with Gasteiger partial charge in [-0.05, 0) is 41.2 Å². The van der Waals surface area contributed by atoms with E-state index in [1.807, 2.05) is 25.2 Å². The molecule has 0 aromatic carbocycles. The van der Waals surface area contributed by atoms with Crippen LogP contribution in [0.4, 0.5) is 0 Å². The first kappa shape index (κ1) is 12.4. The highest BCUT2D eigenvalue weighted by atomic mass is 79.9. The second kappa shape index (κ2) is 5.53. The van der Waals surface area contributed by atoms with E-state index in [9.17, 15) is 0 Å². The highest BCUT2D eigenvalue weighted by molar-refractivity contribution is 9.10. The summed E-state index contributed by atoms with van der Waals surface area (Å²) < 4.78 is 11.7. The molecule has 4 nitrogen and oxygen atoms in total. The summed E-state index contributed by atoms with van der Waals surface area (Å²) in [6, 6.07) is 5.73. The van der Waals surface area contributed by atoms with E-state index >= 15 is 0 Å². The van der Waals surface area contributed by atoms with Gasteiger partial charge in [-0.25, -0.2) is 0 Å². The fourth-order valence-corrected chi connectivity index (χ4v) is 2.25. The smallest absolute Gasteiger partial charge is 0.136 e. The van der Waals surface area contributed by atoms with E-state index in [1.54, 1.807) is 12.5 Å². The minimum atomic E-state index is 0.0319. The Kier molecular flexibility index (Phi) is 4.04.